The molecule has 0 heterocycles. The van der Waals surface area contributed by atoms with Crippen LogP contribution in [0.2, 0.25) is 0 Å². The van der Waals surface area contributed by atoms with E-state index in [1.54, 1.807) is 4.90 Å². The van der Waals surface area contributed by atoms with Crippen molar-refractivity contribution in [2.45, 2.75) is 228 Å². The summed E-state index contributed by atoms with van der Waals surface area (Å²) in [5.74, 6) is 0.247. The molecule has 0 bridgehead atoms. The molecule has 0 aromatic carbocycles. The zero-order valence-electron chi connectivity index (χ0n) is 38.4. The minimum Gasteiger partial charge on any atom is -0.465 e. The van der Waals surface area contributed by atoms with Gasteiger partial charge in [0.1, 0.15) is 0 Å². The Bertz CT molecular complexity index is 1030. The van der Waals surface area contributed by atoms with Gasteiger partial charge in [-0.1, -0.05) is 197 Å². The Labute approximate surface area is 350 Å². The molecule has 0 fully saturated rings. The molecule has 0 saturated carbocycles. The van der Waals surface area contributed by atoms with Crippen LogP contribution in [0.25, 0.3) is 0 Å². The van der Waals surface area contributed by atoms with Gasteiger partial charge in [-0.2, -0.15) is 0 Å². The minimum absolute atomic E-state index is 0.0811. The van der Waals surface area contributed by atoms with E-state index in [1.165, 1.54) is 128 Å². The highest BCUT2D eigenvalue weighted by atomic mass is 16.4. The molecule has 0 aliphatic rings. The maximum Gasteiger partial charge on any atom is 0.404 e. The molecule has 0 aromatic heterocycles. The molecule has 336 valence electrons. The standard InChI is InChI=1S/C46H92N6O5/c1-9-11-13-15-17-19-21-23-25-27-29-31-34-51(35-32-30-28-26-24-22-20-18-16-14-12-10-2)41(53)33-36-52(38-40(46(6,7)8)50-44(56)57)42(47)48-37-39(45(3,4)5)49-43(54)55/h39-40,49-50H,9-38H2,1-8H3,(H2,47,48)(H,54,55)(H,56,57). The summed E-state index contributed by atoms with van der Waals surface area (Å²) in [5, 5.41) is 24.3. The van der Waals surface area contributed by atoms with E-state index in [2.05, 4.69) is 29.5 Å². The number of nitrogens with one attached hydrogen (secondary N) is 2. The van der Waals surface area contributed by atoms with Crippen molar-refractivity contribution in [3.63, 3.8) is 0 Å². The van der Waals surface area contributed by atoms with Crippen molar-refractivity contribution in [2.75, 3.05) is 32.7 Å². The van der Waals surface area contributed by atoms with Crippen molar-refractivity contribution in [1.82, 2.24) is 20.4 Å². The van der Waals surface area contributed by atoms with Crippen LogP contribution in [0.15, 0.2) is 4.99 Å². The molecule has 2 unspecified atom stereocenters. The Morgan fingerprint density at radius 3 is 1.19 bits per heavy atom. The number of hydrogen-bond donors (Lipinski definition) is 5. The van der Waals surface area contributed by atoms with Gasteiger partial charge in [0.15, 0.2) is 5.96 Å². The Morgan fingerprint density at radius 1 is 0.526 bits per heavy atom. The number of hydrogen-bond acceptors (Lipinski definition) is 4. The maximum atomic E-state index is 13.9. The second-order valence-corrected chi connectivity index (χ2v) is 18.8. The van der Waals surface area contributed by atoms with Gasteiger partial charge >= 0.3 is 12.2 Å². The summed E-state index contributed by atoms with van der Waals surface area (Å²) >= 11 is 0. The van der Waals surface area contributed by atoms with Crippen LogP contribution in [0.5, 0.6) is 0 Å². The summed E-state index contributed by atoms with van der Waals surface area (Å²) in [6, 6.07) is -0.984. The predicted octanol–water partition coefficient (Wildman–Crippen LogP) is 11.6. The summed E-state index contributed by atoms with van der Waals surface area (Å²) in [4.78, 5) is 45.7. The molecule has 0 saturated heterocycles. The van der Waals surface area contributed by atoms with E-state index in [9.17, 15) is 24.6 Å². The minimum atomic E-state index is -1.13. The van der Waals surface area contributed by atoms with Crippen molar-refractivity contribution < 1.29 is 24.6 Å². The summed E-state index contributed by atoms with van der Waals surface area (Å²) < 4.78 is 0. The van der Waals surface area contributed by atoms with E-state index in [-0.39, 0.29) is 37.9 Å². The van der Waals surface area contributed by atoms with E-state index in [1.807, 2.05) is 46.4 Å². The number of amides is 3. The number of nitrogens with zero attached hydrogens (tertiary/aromatic N) is 3. The number of nitrogens with two attached hydrogens (primary N) is 1. The topological polar surface area (TPSA) is 161 Å². The van der Waals surface area contributed by atoms with Crippen LogP contribution in [0.3, 0.4) is 0 Å². The molecule has 11 heteroatoms. The lowest BCUT2D eigenvalue weighted by Crippen LogP contribution is -2.54. The smallest absolute Gasteiger partial charge is 0.404 e. The number of guanidine groups is 1. The first-order chi connectivity index (χ1) is 27.0. The van der Waals surface area contributed by atoms with Crippen molar-refractivity contribution in [2.24, 2.45) is 21.6 Å². The average Bonchev–Trinajstić information content (AvgIpc) is 3.13. The van der Waals surface area contributed by atoms with Gasteiger partial charge in [0.25, 0.3) is 0 Å². The molecular formula is C46H92N6O5. The average molecular weight is 809 g/mol. The van der Waals surface area contributed by atoms with Gasteiger partial charge in [-0.05, 0) is 23.7 Å². The van der Waals surface area contributed by atoms with Crippen molar-refractivity contribution >= 4 is 24.1 Å². The van der Waals surface area contributed by atoms with Crippen LogP contribution < -0.4 is 16.4 Å². The molecule has 0 radical (unpaired) electrons. The molecule has 0 spiro atoms. The number of carbonyl (C=O) groups excluding carboxylic acids is 1. The molecule has 2 atom stereocenters. The largest absolute Gasteiger partial charge is 0.465 e. The third-order valence-corrected chi connectivity index (χ3v) is 11.4. The van der Waals surface area contributed by atoms with E-state index in [0.717, 1.165) is 38.8 Å². The summed E-state index contributed by atoms with van der Waals surface area (Å²) in [6.07, 6.45) is 28.5. The maximum absolute atomic E-state index is 13.9. The molecule has 0 aromatic rings. The van der Waals surface area contributed by atoms with Crippen molar-refractivity contribution in [3.8, 4) is 0 Å². The predicted molar refractivity (Wildman–Crippen MR) is 240 cm³/mol. The zero-order chi connectivity index (χ0) is 43.0. The van der Waals surface area contributed by atoms with E-state index >= 15 is 0 Å². The second-order valence-electron chi connectivity index (χ2n) is 18.8. The third kappa shape index (κ3) is 31.0. The Morgan fingerprint density at radius 2 is 0.860 bits per heavy atom. The SMILES string of the molecule is CCCCCCCCCCCCCCN(CCCCCCCCCCCCCC)C(=O)CCN(CC(NC(=O)O)C(C)(C)C)C(N)=NCC(NC(=O)O)C(C)(C)C. The van der Waals surface area contributed by atoms with Crippen LogP contribution in [0.1, 0.15) is 216 Å². The number of carbonyl (C=O) groups is 3. The fraction of sp³-hybridized carbons (Fsp3) is 0.913. The lowest BCUT2D eigenvalue weighted by atomic mass is 9.86. The molecule has 6 N–H and O–H groups in total. The molecular weight excluding hydrogens is 717 g/mol. The normalized spacial score (nSPS) is 13.3. The third-order valence-electron chi connectivity index (χ3n) is 11.4. The van der Waals surface area contributed by atoms with Crippen LogP contribution >= 0.6 is 0 Å². The monoisotopic (exact) mass is 809 g/mol. The summed E-state index contributed by atoms with van der Waals surface area (Å²) in [5.41, 5.74) is 5.75. The van der Waals surface area contributed by atoms with E-state index in [0.29, 0.717) is 0 Å². The first kappa shape index (κ1) is 54.3. The lowest BCUT2D eigenvalue weighted by Gasteiger charge is -2.36. The fourth-order valence-corrected chi connectivity index (χ4v) is 7.21. The quantitative estimate of drug-likeness (QED) is 0.0242. The Balaban J connectivity index is 5.54. The number of carboxylic acid groups (broad SMARTS) is 2. The van der Waals surface area contributed by atoms with Gasteiger partial charge in [0.2, 0.25) is 5.91 Å². The van der Waals surface area contributed by atoms with Gasteiger partial charge in [-0.15, -0.1) is 0 Å². The summed E-state index contributed by atoms with van der Waals surface area (Å²) in [6.45, 7) is 18.3. The highest BCUT2D eigenvalue weighted by Gasteiger charge is 2.30. The first-order valence-electron chi connectivity index (χ1n) is 23.3. The first-order valence-corrected chi connectivity index (χ1v) is 23.3. The molecule has 0 rings (SSSR count). The van der Waals surface area contributed by atoms with Crippen LogP contribution in [-0.4, -0.2) is 88.9 Å². The molecule has 3 amide bonds. The van der Waals surface area contributed by atoms with Gasteiger partial charge in [0, 0.05) is 32.6 Å². The molecule has 0 aliphatic heterocycles. The van der Waals surface area contributed by atoms with Gasteiger partial charge in [-0.25, -0.2) is 9.59 Å². The fourth-order valence-electron chi connectivity index (χ4n) is 7.21. The highest BCUT2D eigenvalue weighted by Crippen LogP contribution is 2.22. The number of unbranched alkanes of at least 4 members (excludes halogenated alkanes) is 22. The molecule has 11 nitrogen and oxygen atoms in total. The van der Waals surface area contributed by atoms with Crippen LogP contribution in [0.4, 0.5) is 9.59 Å². The van der Waals surface area contributed by atoms with Crippen molar-refractivity contribution in [1.29, 1.82) is 0 Å². The van der Waals surface area contributed by atoms with Gasteiger partial charge < -0.3 is 36.4 Å². The van der Waals surface area contributed by atoms with Gasteiger partial charge in [0.05, 0.1) is 18.6 Å². The highest BCUT2D eigenvalue weighted by molar-refractivity contribution is 5.80. The van der Waals surface area contributed by atoms with E-state index < -0.39 is 35.1 Å². The summed E-state index contributed by atoms with van der Waals surface area (Å²) in [7, 11) is 0. The zero-order valence-corrected chi connectivity index (χ0v) is 38.4. The number of rotatable bonds is 35. The Kier molecular flexibility index (Phi) is 31.6. The Hall–Kier alpha value is -2.72. The van der Waals surface area contributed by atoms with Crippen LogP contribution in [-0.2, 0) is 4.79 Å². The molecule has 0 aliphatic carbocycles. The lowest BCUT2D eigenvalue weighted by molar-refractivity contribution is -0.131. The van der Waals surface area contributed by atoms with Crippen LogP contribution in [0, 0.1) is 10.8 Å². The molecule has 57 heavy (non-hydrogen) atoms. The van der Waals surface area contributed by atoms with Gasteiger partial charge in [-0.3, -0.25) is 9.79 Å². The number of aliphatic imine (C=N–C) groups is 1. The second kappa shape index (κ2) is 33.1. The van der Waals surface area contributed by atoms with E-state index in [4.69, 9.17) is 5.73 Å². The van der Waals surface area contributed by atoms with Crippen molar-refractivity contribution in [3.05, 3.63) is 0 Å².